The second kappa shape index (κ2) is 9.91. The maximum Gasteiger partial charge on any atom is 0.326 e. The fourth-order valence-corrected chi connectivity index (χ4v) is 2.49. The minimum absolute atomic E-state index is 0.149. The molecule has 0 aliphatic heterocycles. The summed E-state index contributed by atoms with van der Waals surface area (Å²) in [6, 6.07) is -2.75. The highest BCUT2D eigenvalue weighted by molar-refractivity contribution is 5.92. The number of amides is 2. The Morgan fingerprint density at radius 2 is 1.85 bits per heavy atom. The van der Waals surface area contributed by atoms with Crippen LogP contribution in [-0.4, -0.2) is 51.0 Å². The van der Waals surface area contributed by atoms with Gasteiger partial charge in [0.1, 0.15) is 12.1 Å². The van der Waals surface area contributed by atoms with E-state index in [9.17, 15) is 19.5 Å². The van der Waals surface area contributed by atoms with Crippen LogP contribution in [0.3, 0.4) is 0 Å². The first-order valence-corrected chi connectivity index (χ1v) is 8.68. The van der Waals surface area contributed by atoms with Gasteiger partial charge in [-0.25, -0.2) is 9.78 Å². The van der Waals surface area contributed by atoms with Gasteiger partial charge in [0.15, 0.2) is 0 Å². The van der Waals surface area contributed by atoms with Crippen molar-refractivity contribution < 1.29 is 19.5 Å². The molecule has 0 saturated heterocycles. The van der Waals surface area contributed by atoms with Crippen LogP contribution in [0.25, 0.3) is 0 Å². The van der Waals surface area contributed by atoms with E-state index in [0.717, 1.165) is 0 Å². The zero-order valence-electron chi connectivity index (χ0n) is 15.7. The summed E-state index contributed by atoms with van der Waals surface area (Å²) in [7, 11) is 0. The zero-order valence-corrected chi connectivity index (χ0v) is 15.7. The number of nitrogens with one attached hydrogen (secondary N) is 3. The van der Waals surface area contributed by atoms with Gasteiger partial charge in [0.05, 0.1) is 12.4 Å². The molecule has 26 heavy (non-hydrogen) atoms. The van der Waals surface area contributed by atoms with Gasteiger partial charge in [-0.3, -0.25) is 9.59 Å². The summed E-state index contributed by atoms with van der Waals surface area (Å²) in [5.74, 6) is -2.23. The maximum absolute atomic E-state index is 12.6. The topological polar surface area (TPSA) is 150 Å². The summed E-state index contributed by atoms with van der Waals surface area (Å²) in [5.41, 5.74) is 6.52. The van der Waals surface area contributed by atoms with Crippen LogP contribution in [-0.2, 0) is 20.8 Å². The van der Waals surface area contributed by atoms with Gasteiger partial charge >= 0.3 is 5.97 Å². The highest BCUT2D eigenvalue weighted by Gasteiger charge is 2.30. The molecule has 146 valence electrons. The van der Waals surface area contributed by atoms with Crippen LogP contribution < -0.4 is 16.4 Å². The molecule has 0 saturated carbocycles. The number of rotatable bonds is 10. The number of imidazole rings is 1. The van der Waals surface area contributed by atoms with Crippen LogP contribution in [0.15, 0.2) is 12.5 Å². The van der Waals surface area contributed by atoms with Crippen molar-refractivity contribution in [3.63, 3.8) is 0 Å². The second-order valence-electron chi connectivity index (χ2n) is 7.15. The Hall–Kier alpha value is -2.42. The molecule has 1 rings (SSSR count). The van der Waals surface area contributed by atoms with Gasteiger partial charge in [-0.15, -0.1) is 0 Å². The predicted molar refractivity (Wildman–Crippen MR) is 96.1 cm³/mol. The first-order valence-electron chi connectivity index (χ1n) is 8.68. The van der Waals surface area contributed by atoms with Crippen molar-refractivity contribution in [1.29, 1.82) is 0 Å². The Balaban J connectivity index is 2.88. The molecule has 0 radical (unpaired) electrons. The van der Waals surface area contributed by atoms with E-state index in [4.69, 9.17) is 5.73 Å². The SMILES string of the molecule is CC(C)CC(N)C(=O)NC(Cc1cnc[nH]1)C(=O)NC(C(=O)O)C(C)C. The first-order chi connectivity index (χ1) is 12.1. The van der Waals surface area contributed by atoms with E-state index in [0.29, 0.717) is 12.1 Å². The number of nitrogens with two attached hydrogens (primary N) is 1. The van der Waals surface area contributed by atoms with E-state index in [1.165, 1.54) is 12.5 Å². The van der Waals surface area contributed by atoms with Gasteiger partial charge in [-0.2, -0.15) is 0 Å². The molecule has 1 heterocycles. The molecule has 6 N–H and O–H groups in total. The van der Waals surface area contributed by atoms with Gasteiger partial charge in [-0.1, -0.05) is 27.7 Å². The average Bonchev–Trinajstić information content (AvgIpc) is 3.03. The third-order valence-corrected chi connectivity index (χ3v) is 3.90. The number of aromatic amines is 1. The van der Waals surface area contributed by atoms with E-state index in [1.807, 2.05) is 13.8 Å². The quantitative estimate of drug-likeness (QED) is 0.394. The van der Waals surface area contributed by atoms with Crippen molar-refractivity contribution in [3.05, 3.63) is 18.2 Å². The Bertz CT molecular complexity index is 600. The van der Waals surface area contributed by atoms with Crippen LogP contribution in [0.2, 0.25) is 0 Å². The number of hydrogen-bond donors (Lipinski definition) is 5. The molecule has 9 nitrogen and oxygen atoms in total. The largest absolute Gasteiger partial charge is 0.480 e. The summed E-state index contributed by atoms with van der Waals surface area (Å²) in [4.78, 5) is 43.0. The van der Waals surface area contributed by atoms with E-state index in [2.05, 4.69) is 20.6 Å². The minimum Gasteiger partial charge on any atom is -0.480 e. The van der Waals surface area contributed by atoms with Crippen molar-refractivity contribution in [1.82, 2.24) is 20.6 Å². The monoisotopic (exact) mass is 367 g/mol. The van der Waals surface area contributed by atoms with Crippen molar-refractivity contribution in [2.45, 2.75) is 58.7 Å². The van der Waals surface area contributed by atoms with Gasteiger partial charge in [0.25, 0.3) is 0 Å². The van der Waals surface area contributed by atoms with Crippen LogP contribution in [0, 0.1) is 11.8 Å². The number of hydrogen-bond acceptors (Lipinski definition) is 5. The summed E-state index contributed by atoms with van der Waals surface area (Å²) >= 11 is 0. The van der Waals surface area contributed by atoms with Gasteiger partial charge < -0.3 is 26.5 Å². The number of aliphatic carboxylic acids is 1. The van der Waals surface area contributed by atoms with Crippen LogP contribution in [0.5, 0.6) is 0 Å². The average molecular weight is 367 g/mol. The lowest BCUT2D eigenvalue weighted by atomic mass is 10.0. The molecule has 3 unspecified atom stereocenters. The lowest BCUT2D eigenvalue weighted by Gasteiger charge is -2.24. The molecule has 2 amide bonds. The fourth-order valence-electron chi connectivity index (χ4n) is 2.49. The Morgan fingerprint density at radius 1 is 1.19 bits per heavy atom. The maximum atomic E-state index is 12.6. The lowest BCUT2D eigenvalue weighted by molar-refractivity contribution is -0.143. The fraction of sp³-hybridized carbons (Fsp3) is 0.647. The normalized spacial score (nSPS) is 14.7. The molecule has 0 bridgehead atoms. The molecule has 3 atom stereocenters. The lowest BCUT2D eigenvalue weighted by Crippen LogP contribution is -2.56. The third kappa shape index (κ3) is 6.83. The molecule has 0 spiro atoms. The van der Waals surface area contributed by atoms with E-state index in [1.54, 1.807) is 13.8 Å². The highest BCUT2D eigenvalue weighted by Crippen LogP contribution is 2.07. The number of carboxylic acids is 1. The number of nitrogens with zero attached hydrogens (tertiary/aromatic N) is 1. The second-order valence-corrected chi connectivity index (χ2v) is 7.15. The molecular formula is C17H29N5O4. The van der Waals surface area contributed by atoms with Crippen LogP contribution in [0.1, 0.15) is 39.8 Å². The highest BCUT2D eigenvalue weighted by atomic mass is 16.4. The van der Waals surface area contributed by atoms with Gasteiger partial charge in [-0.05, 0) is 18.3 Å². The van der Waals surface area contributed by atoms with E-state index in [-0.39, 0.29) is 18.3 Å². The standard InChI is InChI=1S/C17H29N5O4/c1-9(2)5-12(18)15(23)21-13(6-11-7-19-8-20-11)16(24)22-14(10(3)4)17(25)26/h7-10,12-14H,5-6,18H2,1-4H3,(H,19,20)(H,21,23)(H,22,24)(H,25,26). The number of carboxylic acid groups (broad SMARTS) is 1. The van der Waals surface area contributed by atoms with Crippen LogP contribution >= 0.6 is 0 Å². The smallest absolute Gasteiger partial charge is 0.326 e. The van der Waals surface area contributed by atoms with Crippen molar-refractivity contribution >= 4 is 17.8 Å². The zero-order chi connectivity index (χ0) is 19.9. The number of carbonyl (C=O) groups is 3. The van der Waals surface area contributed by atoms with E-state index < -0.39 is 35.9 Å². The van der Waals surface area contributed by atoms with Gasteiger partial charge in [0, 0.05) is 18.3 Å². The van der Waals surface area contributed by atoms with Crippen molar-refractivity contribution in [2.75, 3.05) is 0 Å². The molecule has 0 aliphatic carbocycles. The first kappa shape index (κ1) is 21.6. The molecule has 0 fully saturated rings. The summed E-state index contributed by atoms with van der Waals surface area (Å²) in [5, 5.41) is 14.4. The summed E-state index contributed by atoms with van der Waals surface area (Å²) in [6.07, 6.45) is 3.63. The molecule has 9 heteroatoms. The number of aromatic nitrogens is 2. The molecule has 1 aromatic rings. The van der Waals surface area contributed by atoms with Crippen molar-refractivity contribution in [3.8, 4) is 0 Å². The Kier molecular flexibility index (Phi) is 8.24. The molecular weight excluding hydrogens is 338 g/mol. The Labute approximate surface area is 153 Å². The summed E-state index contributed by atoms with van der Waals surface area (Å²) < 4.78 is 0. The number of carbonyl (C=O) groups excluding carboxylic acids is 2. The van der Waals surface area contributed by atoms with Crippen molar-refractivity contribution in [2.24, 2.45) is 17.6 Å². The third-order valence-electron chi connectivity index (χ3n) is 3.90. The summed E-state index contributed by atoms with van der Waals surface area (Å²) in [6.45, 7) is 7.28. The molecule has 0 aromatic carbocycles. The predicted octanol–water partition coefficient (Wildman–Crippen LogP) is 0.0358. The Morgan fingerprint density at radius 3 is 2.31 bits per heavy atom. The molecule has 1 aromatic heterocycles. The van der Waals surface area contributed by atoms with E-state index >= 15 is 0 Å². The molecule has 0 aliphatic rings. The number of H-pyrrole nitrogens is 1. The van der Waals surface area contributed by atoms with Gasteiger partial charge in [0.2, 0.25) is 11.8 Å². The minimum atomic E-state index is -1.13. The van der Waals surface area contributed by atoms with Crippen LogP contribution in [0.4, 0.5) is 0 Å².